The lowest BCUT2D eigenvalue weighted by atomic mass is 9.86. The Morgan fingerprint density at radius 2 is 1.73 bits per heavy atom. The number of nitrogens with one attached hydrogen (secondary N) is 1. The van der Waals surface area contributed by atoms with Gasteiger partial charge in [0, 0.05) is 18.2 Å². The highest BCUT2D eigenvalue weighted by molar-refractivity contribution is 6.02. The molecule has 2 heterocycles. The Morgan fingerprint density at radius 3 is 2.51 bits per heavy atom. The van der Waals surface area contributed by atoms with Gasteiger partial charge >= 0.3 is 0 Å². The van der Waals surface area contributed by atoms with Crippen LogP contribution in [0.1, 0.15) is 75.9 Å². The maximum Gasteiger partial charge on any atom is 0.291 e. The third-order valence-corrected chi connectivity index (χ3v) is 8.27. The topological polar surface area (TPSA) is 71.8 Å². The number of carbonyl (C=O) groups excluding carboxylic acids is 2. The number of ether oxygens (including phenoxy) is 1. The minimum atomic E-state index is -0.302. The Hall–Kier alpha value is -4.32. The Labute approximate surface area is 241 Å². The van der Waals surface area contributed by atoms with E-state index in [9.17, 15) is 9.59 Å². The van der Waals surface area contributed by atoms with Gasteiger partial charge in [-0.25, -0.2) is 0 Å². The van der Waals surface area contributed by atoms with E-state index in [2.05, 4.69) is 53.5 Å². The van der Waals surface area contributed by atoms with Gasteiger partial charge in [0.15, 0.2) is 5.76 Å². The van der Waals surface area contributed by atoms with Gasteiger partial charge in [-0.05, 0) is 91.8 Å². The first kappa shape index (κ1) is 26.9. The van der Waals surface area contributed by atoms with E-state index < -0.39 is 0 Å². The second kappa shape index (κ2) is 11.7. The fourth-order valence-corrected chi connectivity index (χ4v) is 6.08. The van der Waals surface area contributed by atoms with Crippen molar-refractivity contribution in [1.29, 1.82) is 0 Å². The molecular weight excluding hydrogens is 512 g/mol. The zero-order chi connectivity index (χ0) is 28.3. The molecule has 2 amide bonds. The number of hydrogen-bond donors (Lipinski definition) is 1. The molecule has 1 aliphatic heterocycles. The Morgan fingerprint density at radius 1 is 0.927 bits per heavy atom. The van der Waals surface area contributed by atoms with Crippen molar-refractivity contribution in [2.24, 2.45) is 5.92 Å². The van der Waals surface area contributed by atoms with Crippen molar-refractivity contribution in [3.05, 3.63) is 118 Å². The molecule has 1 aromatic heterocycles. The molecule has 1 fully saturated rings. The Bertz CT molecular complexity index is 1550. The average molecular weight is 549 g/mol. The molecule has 0 bridgehead atoms. The summed E-state index contributed by atoms with van der Waals surface area (Å²) in [4.78, 5) is 28.5. The quantitative estimate of drug-likeness (QED) is 0.261. The maximum atomic E-state index is 13.7. The maximum absolute atomic E-state index is 13.7. The first-order valence-electron chi connectivity index (χ1n) is 14.5. The molecular formula is C35H36N2O4. The predicted octanol–water partition coefficient (Wildman–Crippen LogP) is 7.39. The molecule has 3 aromatic carbocycles. The number of amides is 2. The fraction of sp³-hybridized carbons (Fsp3) is 0.314. The number of fused-ring (bicyclic) bond motifs is 1. The summed E-state index contributed by atoms with van der Waals surface area (Å²) in [7, 11) is 0. The highest BCUT2D eigenvalue weighted by atomic mass is 16.5. The van der Waals surface area contributed by atoms with Gasteiger partial charge in [-0.1, -0.05) is 60.9 Å². The smallest absolute Gasteiger partial charge is 0.291 e. The van der Waals surface area contributed by atoms with Crippen molar-refractivity contribution < 1.29 is 18.7 Å². The van der Waals surface area contributed by atoms with E-state index >= 15 is 0 Å². The van der Waals surface area contributed by atoms with Gasteiger partial charge in [0.25, 0.3) is 5.91 Å². The number of hydrogen-bond acceptors (Lipinski definition) is 4. The lowest BCUT2D eigenvalue weighted by Gasteiger charge is -2.39. The lowest BCUT2D eigenvalue weighted by Crippen LogP contribution is -2.43. The van der Waals surface area contributed by atoms with Crippen LogP contribution >= 0.6 is 0 Å². The number of anilines is 1. The van der Waals surface area contributed by atoms with Crippen molar-refractivity contribution in [2.45, 2.75) is 58.6 Å². The van der Waals surface area contributed by atoms with Crippen molar-refractivity contribution >= 4 is 17.5 Å². The Balaban J connectivity index is 1.20. The first-order valence-corrected chi connectivity index (χ1v) is 14.5. The molecule has 41 heavy (non-hydrogen) atoms. The zero-order valence-corrected chi connectivity index (χ0v) is 23.7. The summed E-state index contributed by atoms with van der Waals surface area (Å²) in [6.07, 6.45) is 5.07. The van der Waals surface area contributed by atoms with Crippen LogP contribution < -0.4 is 10.1 Å². The summed E-state index contributed by atoms with van der Waals surface area (Å²) in [5.41, 5.74) is 6.46. The van der Waals surface area contributed by atoms with E-state index in [0.29, 0.717) is 11.5 Å². The van der Waals surface area contributed by atoms with Crippen molar-refractivity contribution in [1.82, 2.24) is 4.90 Å². The van der Waals surface area contributed by atoms with E-state index in [1.165, 1.54) is 11.1 Å². The number of benzene rings is 3. The van der Waals surface area contributed by atoms with Gasteiger partial charge in [0.1, 0.15) is 18.1 Å². The van der Waals surface area contributed by atoms with Gasteiger partial charge in [-0.2, -0.15) is 0 Å². The van der Waals surface area contributed by atoms with Crippen LogP contribution in [0.3, 0.4) is 0 Å². The summed E-state index contributed by atoms with van der Waals surface area (Å²) >= 11 is 0. The molecule has 210 valence electrons. The standard InChI is InChI=1S/C35H36N2O4/c1-23-10-12-26(13-11-23)33-31-21-29(15-14-25(31)18-19-37(33)35(39)27-7-3-4-8-27)40-22-30-16-17-32(41-30)34(38)36-28-9-5-6-24(2)20-28/h5-6,9-17,20-21,27,33H,3-4,7-8,18-19,22H2,1-2H3,(H,36,38). The summed E-state index contributed by atoms with van der Waals surface area (Å²) in [6, 6.07) is 25.6. The molecule has 1 N–H and O–H groups in total. The van der Waals surface area contributed by atoms with Gasteiger partial charge < -0.3 is 19.4 Å². The second-order valence-corrected chi connectivity index (χ2v) is 11.3. The normalized spacial score (nSPS) is 16.8. The van der Waals surface area contributed by atoms with Gasteiger partial charge in [-0.15, -0.1) is 0 Å². The van der Waals surface area contributed by atoms with E-state index in [0.717, 1.165) is 61.0 Å². The molecule has 0 radical (unpaired) electrons. The van der Waals surface area contributed by atoms with Crippen LogP contribution in [-0.4, -0.2) is 23.3 Å². The Kier molecular flexibility index (Phi) is 7.64. The van der Waals surface area contributed by atoms with E-state index in [1.54, 1.807) is 12.1 Å². The van der Waals surface area contributed by atoms with Crippen molar-refractivity contribution in [3.8, 4) is 5.75 Å². The first-order chi connectivity index (χ1) is 19.9. The van der Waals surface area contributed by atoms with Gasteiger partial charge in [0.05, 0.1) is 6.04 Å². The van der Waals surface area contributed by atoms with E-state index in [-0.39, 0.29) is 36.1 Å². The van der Waals surface area contributed by atoms with Crippen LogP contribution in [0.4, 0.5) is 5.69 Å². The lowest BCUT2D eigenvalue weighted by molar-refractivity contribution is -0.137. The summed E-state index contributed by atoms with van der Waals surface area (Å²) in [6.45, 7) is 4.97. The highest BCUT2D eigenvalue weighted by Gasteiger charge is 2.36. The SMILES string of the molecule is Cc1ccc(C2c3cc(OCc4ccc(C(=O)Nc5cccc(C)c5)o4)ccc3CCN2C(=O)C2CCCC2)cc1. The molecule has 6 rings (SSSR count). The zero-order valence-electron chi connectivity index (χ0n) is 23.7. The predicted molar refractivity (Wildman–Crippen MR) is 159 cm³/mol. The van der Waals surface area contributed by atoms with E-state index in [1.807, 2.05) is 37.3 Å². The third kappa shape index (κ3) is 5.92. The molecule has 1 unspecified atom stereocenters. The summed E-state index contributed by atoms with van der Waals surface area (Å²) in [5, 5.41) is 2.87. The largest absolute Gasteiger partial charge is 0.486 e. The second-order valence-electron chi connectivity index (χ2n) is 11.3. The molecule has 0 saturated heterocycles. The van der Waals surface area contributed by atoms with Crippen LogP contribution in [0.5, 0.6) is 5.75 Å². The van der Waals surface area contributed by atoms with Crippen LogP contribution in [-0.2, 0) is 17.8 Å². The molecule has 1 atom stereocenters. The minimum absolute atomic E-state index is 0.125. The molecule has 1 aliphatic carbocycles. The minimum Gasteiger partial charge on any atom is -0.486 e. The highest BCUT2D eigenvalue weighted by Crippen LogP contribution is 2.40. The summed E-state index contributed by atoms with van der Waals surface area (Å²) < 4.78 is 12.0. The number of rotatable bonds is 7. The molecule has 0 spiro atoms. The molecule has 4 aromatic rings. The van der Waals surface area contributed by atoms with Gasteiger partial charge in [0.2, 0.25) is 5.91 Å². The monoisotopic (exact) mass is 548 g/mol. The van der Waals surface area contributed by atoms with Crippen LogP contribution in [0.15, 0.2) is 83.3 Å². The number of nitrogens with zero attached hydrogens (tertiary/aromatic N) is 1. The number of aryl methyl sites for hydroxylation is 2. The number of furan rings is 1. The summed E-state index contributed by atoms with van der Waals surface area (Å²) in [5.74, 6) is 1.60. The van der Waals surface area contributed by atoms with Crippen molar-refractivity contribution in [3.63, 3.8) is 0 Å². The molecule has 6 nitrogen and oxygen atoms in total. The van der Waals surface area contributed by atoms with Crippen molar-refractivity contribution in [2.75, 3.05) is 11.9 Å². The van der Waals surface area contributed by atoms with E-state index in [4.69, 9.17) is 9.15 Å². The molecule has 2 aliphatic rings. The molecule has 6 heteroatoms. The molecule has 1 saturated carbocycles. The van der Waals surface area contributed by atoms with Crippen LogP contribution in [0.25, 0.3) is 0 Å². The van der Waals surface area contributed by atoms with Crippen LogP contribution in [0.2, 0.25) is 0 Å². The van der Waals surface area contributed by atoms with Crippen LogP contribution in [0, 0.1) is 19.8 Å². The third-order valence-electron chi connectivity index (χ3n) is 8.27. The average Bonchev–Trinajstić information content (AvgIpc) is 3.69. The fourth-order valence-electron chi connectivity index (χ4n) is 6.08. The van der Waals surface area contributed by atoms with Gasteiger partial charge in [-0.3, -0.25) is 9.59 Å². The number of carbonyl (C=O) groups is 2.